The fourth-order valence-corrected chi connectivity index (χ4v) is 2.50. The van der Waals surface area contributed by atoms with Crippen LogP contribution < -0.4 is 0 Å². The minimum Gasteiger partial charge on any atom is -0.274 e. The van der Waals surface area contributed by atoms with Gasteiger partial charge in [0.1, 0.15) is 12.2 Å². The van der Waals surface area contributed by atoms with Gasteiger partial charge in [-0.2, -0.15) is 5.10 Å². The number of aromatic amines is 1. The lowest BCUT2D eigenvalue weighted by molar-refractivity contribution is 0.0655. The maximum Gasteiger partial charge on any atom is 0.261 e. The average molecular weight is 270 g/mol. The molecule has 0 fully saturated rings. The third-order valence-electron chi connectivity index (χ3n) is 3.58. The molecular weight excluding hydrogens is 256 g/mol. The molecule has 1 aliphatic heterocycles. The van der Waals surface area contributed by atoms with Gasteiger partial charge < -0.3 is 0 Å². The molecule has 2 aromatic rings. The first-order chi connectivity index (χ1) is 9.59. The molecule has 0 radical (unpaired) electrons. The molecule has 0 atom stereocenters. The number of nitrogens with one attached hydrogen (secondary N) is 1. The first-order valence-corrected chi connectivity index (χ1v) is 6.40. The summed E-state index contributed by atoms with van der Waals surface area (Å²) in [6.07, 6.45) is 1.88. The van der Waals surface area contributed by atoms with E-state index < -0.39 is 0 Å². The monoisotopic (exact) mass is 270 g/mol. The fourth-order valence-electron chi connectivity index (χ4n) is 2.50. The Balaban J connectivity index is 1.89. The second-order valence-electron chi connectivity index (χ2n) is 4.89. The topological polar surface area (TPSA) is 79.0 Å². The number of rotatable bonds is 3. The standard InChI is InChI=1S/C14H14N4O2/c1-8-3-4-9(2)12-11(8)13(19)18(14(12)20)6-5-10-15-7-16-17-10/h3-4,7H,5-6H2,1-2H3,(H,15,16,17). The predicted molar refractivity (Wildman–Crippen MR) is 71.4 cm³/mol. The van der Waals surface area contributed by atoms with Gasteiger partial charge in [0.15, 0.2) is 0 Å². The number of aromatic nitrogens is 3. The summed E-state index contributed by atoms with van der Waals surface area (Å²) < 4.78 is 0. The largest absolute Gasteiger partial charge is 0.274 e. The molecule has 20 heavy (non-hydrogen) atoms. The van der Waals surface area contributed by atoms with Crippen molar-refractivity contribution in [1.82, 2.24) is 20.1 Å². The number of benzene rings is 1. The van der Waals surface area contributed by atoms with Crippen molar-refractivity contribution in [3.8, 4) is 0 Å². The van der Waals surface area contributed by atoms with E-state index in [0.29, 0.717) is 29.9 Å². The lowest BCUT2D eigenvalue weighted by atomic mass is 9.99. The van der Waals surface area contributed by atoms with Crippen LogP contribution in [0.15, 0.2) is 18.5 Å². The van der Waals surface area contributed by atoms with E-state index in [9.17, 15) is 9.59 Å². The molecule has 0 bridgehead atoms. The van der Waals surface area contributed by atoms with Crippen molar-refractivity contribution in [3.63, 3.8) is 0 Å². The smallest absolute Gasteiger partial charge is 0.261 e. The zero-order chi connectivity index (χ0) is 14.3. The summed E-state index contributed by atoms with van der Waals surface area (Å²) in [5.41, 5.74) is 2.75. The number of hydrogen-bond donors (Lipinski definition) is 1. The number of amides is 2. The highest BCUT2D eigenvalue weighted by molar-refractivity contribution is 6.22. The molecule has 2 heterocycles. The van der Waals surface area contributed by atoms with Crippen LogP contribution in [-0.2, 0) is 6.42 Å². The van der Waals surface area contributed by atoms with Crippen molar-refractivity contribution in [2.24, 2.45) is 0 Å². The van der Waals surface area contributed by atoms with Crippen LogP contribution in [0.3, 0.4) is 0 Å². The average Bonchev–Trinajstić information content (AvgIpc) is 3.01. The predicted octanol–water partition coefficient (Wildman–Crippen LogP) is 1.26. The molecule has 0 unspecified atom stereocenters. The van der Waals surface area contributed by atoms with Crippen molar-refractivity contribution < 1.29 is 9.59 Å². The Bertz CT molecular complexity index is 650. The first-order valence-electron chi connectivity index (χ1n) is 6.40. The molecule has 1 aromatic carbocycles. The summed E-state index contributed by atoms with van der Waals surface area (Å²) in [4.78, 5) is 30.1. The molecule has 2 amide bonds. The van der Waals surface area contributed by atoms with E-state index in [2.05, 4.69) is 15.2 Å². The van der Waals surface area contributed by atoms with Crippen molar-refractivity contribution in [3.05, 3.63) is 46.5 Å². The number of aryl methyl sites for hydroxylation is 2. The molecule has 102 valence electrons. The summed E-state index contributed by atoms with van der Waals surface area (Å²) in [6.45, 7) is 4.01. The molecule has 1 aromatic heterocycles. The fraction of sp³-hybridized carbons (Fsp3) is 0.286. The first kappa shape index (κ1) is 12.5. The van der Waals surface area contributed by atoms with E-state index in [1.54, 1.807) is 0 Å². The lowest BCUT2D eigenvalue weighted by Gasteiger charge is -2.12. The maximum absolute atomic E-state index is 12.4. The number of carbonyl (C=O) groups is 2. The van der Waals surface area contributed by atoms with Crippen LogP contribution in [0.4, 0.5) is 0 Å². The Labute approximate surface area is 115 Å². The van der Waals surface area contributed by atoms with Gasteiger partial charge in [-0.1, -0.05) is 12.1 Å². The number of imide groups is 1. The van der Waals surface area contributed by atoms with Gasteiger partial charge in [0.25, 0.3) is 11.8 Å². The van der Waals surface area contributed by atoms with E-state index in [0.717, 1.165) is 11.1 Å². The Morgan fingerprint density at radius 3 is 2.20 bits per heavy atom. The third kappa shape index (κ3) is 1.80. The zero-order valence-electron chi connectivity index (χ0n) is 11.3. The minimum absolute atomic E-state index is 0.217. The van der Waals surface area contributed by atoms with E-state index in [1.165, 1.54) is 11.2 Å². The molecule has 1 N–H and O–H groups in total. The number of H-pyrrole nitrogens is 1. The van der Waals surface area contributed by atoms with Crippen molar-refractivity contribution >= 4 is 11.8 Å². The second kappa shape index (κ2) is 4.56. The SMILES string of the molecule is Cc1ccc(C)c2c1C(=O)N(CCc1ncn[nH]1)C2=O. The highest BCUT2D eigenvalue weighted by atomic mass is 16.2. The van der Waals surface area contributed by atoms with Gasteiger partial charge in [0, 0.05) is 13.0 Å². The Kier molecular flexibility index (Phi) is 2.85. The van der Waals surface area contributed by atoms with E-state index in [4.69, 9.17) is 0 Å². The number of hydrogen-bond acceptors (Lipinski definition) is 4. The van der Waals surface area contributed by atoms with Crippen LogP contribution in [0.5, 0.6) is 0 Å². The summed E-state index contributed by atoms with van der Waals surface area (Å²) in [6, 6.07) is 3.75. The Morgan fingerprint density at radius 2 is 1.70 bits per heavy atom. The quantitative estimate of drug-likeness (QED) is 0.852. The summed E-state index contributed by atoms with van der Waals surface area (Å²) in [7, 11) is 0. The van der Waals surface area contributed by atoms with Crippen LogP contribution in [-0.4, -0.2) is 38.4 Å². The van der Waals surface area contributed by atoms with E-state index in [1.807, 2.05) is 26.0 Å². The molecule has 0 spiro atoms. The van der Waals surface area contributed by atoms with Crippen molar-refractivity contribution in [2.75, 3.05) is 6.54 Å². The summed E-state index contributed by atoms with van der Waals surface area (Å²) in [5, 5.41) is 6.47. The Hall–Kier alpha value is -2.50. The van der Waals surface area contributed by atoms with Crippen LogP contribution in [0.2, 0.25) is 0 Å². The Morgan fingerprint density at radius 1 is 1.10 bits per heavy atom. The number of nitrogens with zero attached hydrogens (tertiary/aromatic N) is 3. The summed E-state index contributed by atoms with van der Waals surface area (Å²) in [5.74, 6) is 0.228. The zero-order valence-corrected chi connectivity index (χ0v) is 11.3. The van der Waals surface area contributed by atoms with Gasteiger partial charge in [0.05, 0.1) is 11.1 Å². The molecular formula is C14H14N4O2. The number of carbonyl (C=O) groups excluding carboxylic acids is 2. The van der Waals surface area contributed by atoms with Crippen molar-refractivity contribution in [1.29, 1.82) is 0 Å². The molecule has 0 aliphatic carbocycles. The highest BCUT2D eigenvalue weighted by Crippen LogP contribution is 2.28. The normalized spacial score (nSPS) is 14.0. The third-order valence-corrected chi connectivity index (χ3v) is 3.58. The van der Waals surface area contributed by atoms with Gasteiger partial charge >= 0.3 is 0 Å². The van der Waals surface area contributed by atoms with E-state index in [-0.39, 0.29) is 11.8 Å². The second-order valence-corrected chi connectivity index (χ2v) is 4.89. The van der Waals surface area contributed by atoms with Crippen LogP contribution in [0, 0.1) is 13.8 Å². The van der Waals surface area contributed by atoms with E-state index >= 15 is 0 Å². The summed E-state index contributed by atoms with van der Waals surface area (Å²) >= 11 is 0. The van der Waals surface area contributed by atoms with Gasteiger partial charge in [0.2, 0.25) is 0 Å². The van der Waals surface area contributed by atoms with Crippen LogP contribution >= 0.6 is 0 Å². The molecule has 6 heteroatoms. The maximum atomic E-state index is 12.4. The molecule has 0 saturated carbocycles. The molecule has 1 aliphatic rings. The van der Waals surface area contributed by atoms with Gasteiger partial charge in [-0.05, 0) is 25.0 Å². The lowest BCUT2D eigenvalue weighted by Crippen LogP contribution is -2.32. The van der Waals surface area contributed by atoms with Gasteiger partial charge in [-0.15, -0.1) is 0 Å². The molecule has 3 rings (SSSR count). The number of fused-ring (bicyclic) bond motifs is 1. The van der Waals surface area contributed by atoms with Crippen LogP contribution in [0.1, 0.15) is 37.7 Å². The van der Waals surface area contributed by atoms with Gasteiger partial charge in [-0.25, -0.2) is 4.98 Å². The molecule has 6 nitrogen and oxygen atoms in total. The van der Waals surface area contributed by atoms with Crippen molar-refractivity contribution in [2.45, 2.75) is 20.3 Å². The van der Waals surface area contributed by atoms with Gasteiger partial charge in [-0.3, -0.25) is 19.6 Å². The molecule has 0 saturated heterocycles. The highest BCUT2D eigenvalue weighted by Gasteiger charge is 2.37. The van der Waals surface area contributed by atoms with Crippen LogP contribution in [0.25, 0.3) is 0 Å². The minimum atomic E-state index is -0.217.